The highest BCUT2D eigenvalue weighted by atomic mass is 16.6. The maximum atomic E-state index is 11.6. The van der Waals surface area contributed by atoms with Gasteiger partial charge in [-0.25, -0.2) is 4.79 Å². The normalized spacial score (nSPS) is 23.5. The number of likely N-dealkylation sites (tertiary alicyclic amines) is 1. The molecule has 17 heavy (non-hydrogen) atoms. The zero-order valence-electron chi connectivity index (χ0n) is 11.2. The molecule has 1 aliphatic heterocycles. The fourth-order valence-electron chi connectivity index (χ4n) is 2.29. The molecule has 0 unspecified atom stereocenters. The van der Waals surface area contributed by atoms with Crippen molar-refractivity contribution in [1.29, 1.82) is 0 Å². The monoisotopic (exact) mass is 240 g/mol. The summed E-state index contributed by atoms with van der Waals surface area (Å²) in [4.78, 5) is 14.1. The van der Waals surface area contributed by atoms with E-state index in [1.165, 1.54) is 12.8 Å². The average molecular weight is 240 g/mol. The molecular formula is C13H24N2O2. The second-order valence-corrected chi connectivity index (χ2v) is 6.25. The second kappa shape index (κ2) is 4.84. The van der Waals surface area contributed by atoms with Crippen LogP contribution in [0.15, 0.2) is 0 Å². The number of alkyl carbamates (subject to hydrolysis) is 1. The summed E-state index contributed by atoms with van der Waals surface area (Å²) >= 11 is 0. The Morgan fingerprint density at radius 2 is 1.76 bits per heavy atom. The number of hydrogen-bond donors (Lipinski definition) is 1. The van der Waals surface area contributed by atoms with Crippen molar-refractivity contribution >= 4 is 6.09 Å². The molecule has 0 aromatic carbocycles. The molecule has 4 heteroatoms. The first-order valence-corrected chi connectivity index (χ1v) is 6.67. The van der Waals surface area contributed by atoms with Crippen molar-refractivity contribution in [1.82, 2.24) is 10.2 Å². The van der Waals surface area contributed by atoms with Crippen molar-refractivity contribution in [2.45, 2.75) is 64.1 Å². The van der Waals surface area contributed by atoms with E-state index in [4.69, 9.17) is 4.74 Å². The summed E-state index contributed by atoms with van der Waals surface area (Å²) in [6, 6.07) is 0.833. The summed E-state index contributed by atoms with van der Waals surface area (Å²) in [6.07, 6.45) is 4.50. The summed E-state index contributed by atoms with van der Waals surface area (Å²) in [5, 5.41) is 2.84. The van der Waals surface area contributed by atoms with E-state index in [1.807, 2.05) is 20.8 Å². The van der Waals surface area contributed by atoms with E-state index in [0.29, 0.717) is 0 Å². The van der Waals surface area contributed by atoms with Crippen LogP contribution in [0, 0.1) is 0 Å². The van der Waals surface area contributed by atoms with Crippen molar-refractivity contribution in [2.24, 2.45) is 0 Å². The van der Waals surface area contributed by atoms with Gasteiger partial charge < -0.3 is 15.0 Å². The Balaban J connectivity index is 1.68. The number of hydrogen-bond acceptors (Lipinski definition) is 3. The summed E-state index contributed by atoms with van der Waals surface area (Å²) in [6.45, 7) is 8.05. The van der Waals surface area contributed by atoms with Crippen molar-refractivity contribution < 1.29 is 9.53 Å². The number of ether oxygens (including phenoxy) is 1. The highest BCUT2D eigenvalue weighted by Gasteiger charge is 2.32. The topological polar surface area (TPSA) is 41.6 Å². The van der Waals surface area contributed by atoms with Gasteiger partial charge in [-0.05, 0) is 46.5 Å². The van der Waals surface area contributed by atoms with Crippen molar-refractivity contribution in [2.75, 3.05) is 13.1 Å². The lowest BCUT2D eigenvalue weighted by molar-refractivity contribution is 0.0452. The van der Waals surface area contributed by atoms with Crippen LogP contribution in [-0.4, -0.2) is 41.8 Å². The third-order valence-corrected chi connectivity index (χ3v) is 3.29. The van der Waals surface area contributed by atoms with Crippen LogP contribution in [0.5, 0.6) is 0 Å². The Bertz CT molecular complexity index is 274. The Kier molecular flexibility index (Phi) is 3.61. The lowest BCUT2D eigenvalue weighted by Gasteiger charge is -2.32. The van der Waals surface area contributed by atoms with Crippen molar-refractivity contribution in [3.63, 3.8) is 0 Å². The van der Waals surface area contributed by atoms with Crippen LogP contribution in [0.1, 0.15) is 46.5 Å². The van der Waals surface area contributed by atoms with Gasteiger partial charge in [0, 0.05) is 24.7 Å². The molecule has 1 saturated heterocycles. The Morgan fingerprint density at radius 3 is 2.24 bits per heavy atom. The minimum absolute atomic E-state index is 0.104. The maximum absolute atomic E-state index is 11.6. The lowest BCUT2D eigenvalue weighted by Crippen LogP contribution is -2.44. The number of piperidine rings is 1. The smallest absolute Gasteiger partial charge is 0.407 e. The maximum Gasteiger partial charge on any atom is 0.407 e. The van der Waals surface area contributed by atoms with Gasteiger partial charge in [0.25, 0.3) is 0 Å². The SMILES string of the molecule is CC(C)(C)NC(=O)OC1CCN(C2CC2)CC1. The van der Waals surface area contributed by atoms with Gasteiger partial charge in [0.15, 0.2) is 0 Å². The molecule has 98 valence electrons. The lowest BCUT2D eigenvalue weighted by atomic mass is 10.1. The van der Waals surface area contributed by atoms with Crippen molar-refractivity contribution in [3.8, 4) is 0 Å². The van der Waals surface area contributed by atoms with Gasteiger partial charge >= 0.3 is 6.09 Å². The number of rotatable bonds is 2. The molecule has 4 nitrogen and oxygen atoms in total. The molecule has 1 N–H and O–H groups in total. The van der Waals surface area contributed by atoms with Crippen LogP contribution < -0.4 is 5.32 Å². The van der Waals surface area contributed by atoms with Crippen molar-refractivity contribution in [3.05, 3.63) is 0 Å². The Morgan fingerprint density at radius 1 is 1.18 bits per heavy atom. The van der Waals surface area contributed by atoms with Gasteiger partial charge in [0.2, 0.25) is 0 Å². The molecule has 0 radical (unpaired) electrons. The minimum atomic E-state index is -0.276. The molecule has 0 aromatic rings. The molecule has 1 aliphatic carbocycles. The first kappa shape index (κ1) is 12.7. The fraction of sp³-hybridized carbons (Fsp3) is 0.923. The Hall–Kier alpha value is -0.770. The average Bonchev–Trinajstić information content (AvgIpc) is 2.99. The summed E-state index contributed by atoms with van der Waals surface area (Å²) in [5.41, 5.74) is -0.216. The molecule has 0 atom stereocenters. The van der Waals surface area contributed by atoms with E-state index >= 15 is 0 Å². The number of carbonyl (C=O) groups excluding carboxylic acids is 1. The molecule has 1 heterocycles. The van der Waals surface area contributed by atoms with Gasteiger partial charge in [-0.15, -0.1) is 0 Å². The minimum Gasteiger partial charge on any atom is -0.446 e. The van der Waals surface area contributed by atoms with Crippen LogP contribution in [0.3, 0.4) is 0 Å². The van der Waals surface area contributed by atoms with Crippen LogP contribution in [-0.2, 0) is 4.74 Å². The van der Waals surface area contributed by atoms with Gasteiger partial charge in [-0.1, -0.05) is 0 Å². The number of amides is 1. The van der Waals surface area contributed by atoms with Crippen LogP contribution in [0.2, 0.25) is 0 Å². The van der Waals surface area contributed by atoms with Crippen LogP contribution in [0.4, 0.5) is 4.79 Å². The number of nitrogens with one attached hydrogen (secondary N) is 1. The molecule has 2 fully saturated rings. The predicted octanol–water partition coefficient (Wildman–Crippen LogP) is 2.14. The highest BCUT2D eigenvalue weighted by Crippen LogP contribution is 2.29. The Labute approximate surface area is 104 Å². The van der Waals surface area contributed by atoms with Crippen LogP contribution >= 0.6 is 0 Å². The largest absolute Gasteiger partial charge is 0.446 e. The predicted molar refractivity (Wildman–Crippen MR) is 67.0 cm³/mol. The van der Waals surface area contributed by atoms with E-state index in [-0.39, 0.29) is 17.7 Å². The fourth-order valence-corrected chi connectivity index (χ4v) is 2.29. The number of carbonyl (C=O) groups is 1. The molecule has 0 bridgehead atoms. The third kappa shape index (κ3) is 4.19. The van der Waals surface area contributed by atoms with Gasteiger partial charge in [-0.3, -0.25) is 0 Å². The zero-order chi connectivity index (χ0) is 12.5. The highest BCUT2D eigenvalue weighted by molar-refractivity contribution is 5.68. The van der Waals surface area contributed by atoms with E-state index in [9.17, 15) is 4.79 Å². The molecule has 0 spiro atoms. The molecule has 0 aromatic heterocycles. The van der Waals surface area contributed by atoms with Crippen LogP contribution in [0.25, 0.3) is 0 Å². The summed E-state index contributed by atoms with van der Waals surface area (Å²) in [5.74, 6) is 0. The summed E-state index contributed by atoms with van der Waals surface area (Å²) < 4.78 is 5.44. The molecule has 1 amide bonds. The van der Waals surface area contributed by atoms with Gasteiger partial charge in [-0.2, -0.15) is 0 Å². The van der Waals surface area contributed by atoms with Gasteiger partial charge in [0.1, 0.15) is 6.10 Å². The molecule has 1 saturated carbocycles. The summed E-state index contributed by atoms with van der Waals surface area (Å²) in [7, 11) is 0. The second-order valence-electron chi connectivity index (χ2n) is 6.25. The molecule has 2 rings (SSSR count). The third-order valence-electron chi connectivity index (χ3n) is 3.29. The standard InChI is InChI=1S/C13H24N2O2/c1-13(2,3)14-12(16)17-11-6-8-15(9-7-11)10-4-5-10/h10-11H,4-9H2,1-3H3,(H,14,16). The van der Waals surface area contributed by atoms with E-state index < -0.39 is 0 Å². The zero-order valence-corrected chi connectivity index (χ0v) is 11.2. The number of nitrogens with zero attached hydrogens (tertiary/aromatic N) is 1. The van der Waals surface area contributed by atoms with E-state index in [2.05, 4.69) is 10.2 Å². The van der Waals surface area contributed by atoms with Gasteiger partial charge in [0.05, 0.1) is 0 Å². The molecule has 2 aliphatic rings. The quantitative estimate of drug-likeness (QED) is 0.804. The van der Waals surface area contributed by atoms with E-state index in [0.717, 1.165) is 32.0 Å². The molecular weight excluding hydrogens is 216 g/mol. The van der Waals surface area contributed by atoms with E-state index in [1.54, 1.807) is 0 Å². The first-order valence-electron chi connectivity index (χ1n) is 6.67. The first-order chi connectivity index (χ1) is 7.94.